The summed E-state index contributed by atoms with van der Waals surface area (Å²) in [7, 11) is -3.58. The first-order valence-electron chi connectivity index (χ1n) is 6.68. The van der Waals surface area contributed by atoms with Gasteiger partial charge in [-0.05, 0) is 25.5 Å². The van der Waals surface area contributed by atoms with Crippen LogP contribution in [0.25, 0.3) is 0 Å². The molecule has 0 unspecified atom stereocenters. The molecule has 0 saturated carbocycles. The van der Waals surface area contributed by atoms with Crippen molar-refractivity contribution in [2.24, 2.45) is 0 Å². The Bertz CT molecular complexity index is 678. The van der Waals surface area contributed by atoms with Crippen molar-refractivity contribution in [2.75, 3.05) is 11.3 Å². The van der Waals surface area contributed by atoms with Crippen LogP contribution >= 0.6 is 22.7 Å². The van der Waals surface area contributed by atoms with Crippen molar-refractivity contribution >= 4 is 37.8 Å². The van der Waals surface area contributed by atoms with E-state index in [1.807, 2.05) is 6.92 Å². The van der Waals surface area contributed by atoms with Crippen molar-refractivity contribution < 1.29 is 8.42 Å². The minimum Gasteiger partial charge on any atom is -0.312 e. The van der Waals surface area contributed by atoms with Crippen LogP contribution < -0.4 is 10.0 Å². The topological polar surface area (TPSA) is 84.0 Å². The summed E-state index contributed by atoms with van der Waals surface area (Å²) in [5.41, 5.74) is 0. The van der Waals surface area contributed by atoms with E-state index in [-0.39, 0.29) is 4.90 Å². The summed E-state index contributed by atoms with van der Waals surface area (Å²) in [6.07, 6.45) is 1.79. The quantitative estimate of drug-likeness (QED) is 0.717. The lowest BCUT2D eigenvalue weighted by Crippen LogP contribution is -2.13. The first-order valence-corrected chi connectivity index (χ1v) is 9.86. The van der Waals surface area contributed by atoms with Crippen LogP contribution in [0.5, 0.6) is 0 Å². The standard InChI is InChI=1S/C12H18N4O2S3/c1-3-5-13-7-9-6-10(8-19-9)21(17,18)16-12-15-14-11(4-2)20-12/h6,8,13H,3-5,7H2,1-2H3,(H,15,16). The van der Waals surface area contributed by atoms with E-state index < -0.39 is 10.0 Å². The molecule has 0 aliphatic rings. The molecular formula is C12H18N4O2S3. The maximum atomic E-state index is 12.3. The van der Waals surface area contributed by atoms with Gasteiger partial charge in [0.15, 0.2) is 0 Å². The molecular weight excluding hydrogens is 328 g/mol. The molecule has 2 rings (SSSR count). The second-order valence-electron chi connectivity index (χ2n) is 4.39. The monoisotopic (exact) mass is 346 g/mol. The number of sulfonamides is 1. The Morgan fingerprint density at radius 1 is 1.29 bits per heavy atom. The zero-order valence-electron chi connectivity index (χ0n) is 11.9. The number of thiophene rings is 1. The predicted molar refractivity (Wildman–Crippen MR) is 86.4 cm³/mol. The highest BCUT2D eigenvalue weighted by Crippen LogP contribution is 2.23. The largest absolute Gasteiger partial charge is 0.312 e. The Morgan fingerprint density at radius 2 is 2.10 bits per heavy atom. The van der Waals surface area contributed by atoms with Gasteiger partial charge in [0.25, 0.3) is 10.0 Å². The molecule has 0 spiro atoms. The maximum absolute atomic E-state index is 12.3. The van der Waals surface area contributed by atoms with Gasteiger partial charge in [0.05, 0.1) is 4.90 Å². The van der Waals surface area contributed by atoms with E-state index in [1.165, 1.54) is 22.7 Å². The van der Waals surface area contributed by atoms with E-state index >= 15 is 0 Å². The first kappa shape index (κ1) is 16.3. The molecule has 0 atom stereocenters. The van der Waals surface area contributed by atoms with Gasteiger partial charge in [0.1, 0.15) is 5.01 Å². The fourth-order valence-corrected chi connectivity index (χ4v) is 4.75. The molecule has 0 saturated heterocycles. The van der Waals surface area contributed by atoms with Gasteiger partial charge in [-0.25, -0.2) is 8.42 Å². The van der Waals surface area contributed by atoms with Crippen LogP contribution in [0.4, 0.5) is 5.13 Å². The molecule has 2 aromatic rings. The maximum Gasteiger partial charge on any atom is 0.264 e. The Balaban J connectivity index is 2.05. The minimum atomic E-state index is -3.58. The SMILES string of the molecule is CCCNCc1cc(S(=O)(=O)Nc2nnc(CC)s2)cs1. The average Bonchev–Trinajstić information content (AvgIpc) is 3.08. The Morgan fingerprint density at radius 3 is 2.76 bits per heavy atom. The van der Waals surface area contributed by atoms with Gasteiger partial charge < -0.3 is 5.32 Å². The van der Waals surface area contributed by atoms with Gasteiger partial charge in [-0.1, -0.05) is 25.2 Å². The Labute approximate surface area is 132 Å². The van der Waals surface area contributed by atoms with Crippen LogP contribution in [0.3, 0.4) is 0 Å². The van der Waals surface area contributed by atoms with Crippen LogP contribution in [-0.4, -0.2) is 25.2 Å². The molecule has 9 heteroatoms. The number of aromatic nitrogens is 2. The molecule has 0 radical (unpaired) electrons. The number of anilines is 1. The molecule has 0 fully saturated rings. The van der Waals surface area contributed by atoms with Crippen molar-refractivity contribution in [1.82, 2.24) is 15.5 Å². The molecule has 0 bridgehead atoms. The molecule has 2 N–H and O–H groups in total. The van der Waals surface area contributed by atoms with Crippen LogP contribution in [0, 0.1) is 0 Å². The van der Waals surface area contributed by atoms with Gasteiger partial charge in [-0.2, -0.15) is 0 Å². The van der Waals surface area contributed by atoms with Crippen molar-refractivity contribution in [1.29, 1.82) is 0 Å². The molecule has 21 heavy (non-hydrogen) atoms. The second-order valence-corrected chi connectivity index (χ2v) is 8.13. The second kappa shape index (κ2) is 7.30. The van der Waals surface area contributed by atoms with E-state index in [4.69, 9.17) is 0 Å². The fraction of sp³-hybridized carbons (Fsp3) is 0.500. The number of nitrogens with zero attached hydrogens (tertiary/aromatic N) is 2. The number of hydrogen-bond acceptors (Lipinski definition) is 7. The van der Waals surface area contributed by atoms with Crippen LogP contribution in [0.1, 0.15) is 30.2 Å². The number of nitrogens with one attached hydrogen (secondary N) is 2. The van der Waals surface area contributed by atoms with Crippen molar-refractivity contribution in [3.8, 4) is 0 Å². The van der Waals surface area contributed by atoms with E-state index in [1.54, 1.807) is 11.4 Å². The third-order valence-corrected chi connectivity index (χ3v) is 6.17. The summed E-state index contributed by atoms with van der Waals surface area (Å²) in [6.45, 7) is 5.65. The molecule has 0 aliphatic carbocycles. The Hall–Kier alpha value is -1.03. The number of hydrogen-bond donors (Lipinski definition) is 2. The van der Waals surface area contributed by atoms with Gasteiger partial charge in [-0.15, -0.1) is 21.5 Å². The van der Waals surface area contributed by atoms with Crippen LogP contribution in [-0.2, 0) is 23.0 Å². The molecule has 116 valence electrons. The summed E-state index contributed by atoms with van der Waals surface area (Å²) in [5, 5.41) is 13.8. The van der Waals surface area contributed by atoms with Gasteiger partial charge in [-0.3, -0.25) is 4.72 Å². The highest BCUT2D eigenvalue weighted by Gasteiger charge is 2.18. The summed E-state index contributed by atoms with van der Waals surface area (Å²) in [4.78, 5) is 1.27. The zero-order valence-corrected chi connectivity index (χ0v) is 14.4. The van der Waals surface area contributed by atoms with Gasteiger partial charge in [0, 0.05) is 16.8 Å². The van der Waals surface area contributed by atoms with Crippen LogP contribution in [0.2, 0.25) is 0 Å². The van der Waals surface area contributed by atoms with Gasteiger partial charge >= 0.3 is 0 Å². The van der Waals surface area contributed by atoms with E-state index in [0.717, 1.165) is 29.3 Å². The lowest BCUT2D eigenvalue weighted by Gasteiger charge is -2.01. The normalized spacial score (nSPS) is 11.7. The van der Waals surface area contributed by atoms with Crippen molar-refractivity contribution in [3.63, 3.8) is 0 Å². The predicted octanol–water partition coefficient (Wildman–Crippen LogP) is 2.46. The van der Waals surface area contributed by atoms with E-state index in [0.29, 0.717) is 11.7 Å². The Kier molecular flexibility index (Phi) is 5.68. The summed E-state index contributed by atoms with van der Waals surface area (Å²) < 4.78 is 27.0. The van der Waals surface area contributed by atoms with Crippen molar-refractivity contribution in [3.05, 3.63) is 21.3 Å². The average molecular weight is 347 g/mol. The lowest BCUT2D eigenvalue weighted by atomic mass is 10.4. The summed E-state index contributed by atoms with van der Waals surface area (Å²) in [6, 6.07) is 1.69. The zero-order chi connectivity index (χ0) is 15.3. The smallest absolute Gasteiger partial charge is 0.264 e. The molecule has 2 aromatic heterocycles. The lowest BCUT2D eigenvalue weighted by molar-refractivity contribution is 0.601. The molecule has 6 nitrogen and oxygen atoms in total. The van der Waals surface area contributed by atoms with Crippen molar-refractivity contribution in [2.45, 2.75) is 38.1 Å². The van der Waals surface area contributed by atoms with Gasteiger partial charge in [0.2, 0.25) is 5.13 Å². The molecule has 0 aliphatic heterocycles. The fourth-order valence-electron chi connectivity index (χ4n) is 1.59. The summed E-state index contributed by atoms with van der Waals surface area (Å²) in [5.74, 6) is 0. The number of rotatable bonds is 8. The summed E-state index contributed by atoms with van der Waals surface area (Å²) >= 11 is 2.69. The highest BCUT2D eigenvalue weighted by molar-refractivity contribution is 7.93. The highest BCUT2D eigenvalue weighted by atomic mass is 32.2. The third-order valence-electron chi connectivity index (χ3n) is 2.66. The third kappa shape index (κ3) is 4.47. The van der Waals surface area contributed by atoms with E-state index in [9.17, 15) is 8.42 Å². The molecule has 0 aromatic carbocycles. The first-order chi connectivity index (χ1) is 10.0. The molecule has 2 heterocycles. The van der Waals surface area contributed by atoms with Crippen LogP contribution in [0.15, 0.2) is 16.3 Å². The van der Waals surface area contributed by atoms with E-state index in [2.05, 4.69) is 27.2 Å². The minimum absolute atomic E-state index is 0.272. The molecule has 0 amide bonds. The number of aryl methyl sites for hydroxylation is 1.